The van der Waals surface area contributed by atoms with Crippen LogP contribution in [-0.2, 0) is 12.2 Å². The molecule has 12 nitrogen and oxygen atoms in total. The van der Waals surface area contributed by atoms with Gasteiger partial charge in [-0.2, -0.15) is 0 Å². The number of aliphatic hydroxyl groups excluding tert-OH is 2. The molecule has 0 saturated carbocycles. The molecule has 42 heavy (non-hydrogen) atoms. The maximum absolute atomic E-state index is 11.9. The lowest BCUT2D eigenvalue weighted by atomic mass is 9.74. The van der Waals surface area contributed by atoms with E-state index in [9.17, 15) is 46.0 Å². The van der Waals surface area contributed by atoms with Gasteiger partial charge in [0.2, 0.25) is 0 Å². The van der Waals surface area contributed by atoms with Gasteiger partial charge in [0, 0.05) is 46.9 Å². The van der Waals surface area contributed by atoms with Gasteiger partial charge in [0.05, 0.1) is 12.0 Å². The van der Waals surface area contributed by atoms with Crippen molar-refractivity contribution in [1.29, 1.82) is 0 Å². The fourth-order valence-corrected chi connectivity index (χ4v) is 6.09. The lowest BCUT2D eigenvalue weighted by Gasteiger charge is -2.50. The van der Waals surface area contributed by atoms with Crippen molar-refractivity contribution in [3.8, 4) is 57.5 Å². The number of hydrogen-bond donors (Lipinski definition) is 9. The molecule has 4 aromatic carbocycles. The van der Waals surface area contributed by atoms with Crippen molar-refractivity contribution in [3.05, 3.63) is 82.4 Å². The zero-order valence-electron chi connectivity index (χ0n) is 21.5. The third kappa shape index (κ3) is 3.49. The first-order chi connectivity index (χ1) is 20.0. The Kier molecular flexibility index (Phi) is 5.30. The molecule has 2 bridgehead atoms. The number of phenolic OH excluding ortho intramolecular Hbond substituents is 7. The van der Waals surface area contributed by atoms with Crippen molar-refractivity contribution >= 4 is 0 Å². The summed E-state index contributed by atoms with van der Waals surface area (Å²) in [6.45, 7) is 0. The second kappa shape index (κ2) is 8.65. The molecule has 0 aromatic heterocycles. The lowest BCUT2D eigenvalue weighted by Crippen LogP contribution is -2.57. The highest BCUT2D eigenvalue weighted by molar-refractivity contribution is 5.68. The van der Waals surface area contributed by atoms with E-state index in [4.69, 9.17) is 14.2 Å². The van der Waals surface area contributed by atoms with Crippen molar-refractivity contribution in [2.45, 2.75) is 36.4 Å². The number of benzene rings is 4. The molecule has 3 aliphatic heterocycles. The van der Waals surface area contributed by atoms with Crippen LogP contribution in [0.25, 0.3) is 0 Å². The van der Waals surface area contributed by atoms with Crippen molar-refractivity contribution < 1.29 is 60.2 Å². The van der Waals surface area contributed by atoms with Gasteiger partial charge in [0.15, 0.2) is 23.0 Å². The van der Waals surface area contributed by atoms with E-state index < -0.39 is 53.0 Å². The third-order valence-electron chi connectivity index (χ3n) is 8.03. The summed E-state index contributed by atoms with van der Waals surface area (Å²) in [6.07, 6.45) is -4.00. The molecule has 9 N–H and O–H groups in total. The predicted octanol–water partition coefficient (Wildman–Crippen LogP) is 2.79. The lowest BCUT2D eigenvalue weighted by molar-refractivity contribution is -0.219. The van der Waals surface area contributed by atoms with E-state index in [1.807, 2.05) is 0 Å². The molecule has 1 unspecified atom stereocenters. The molecule has 0 spiro atoms. The SMILES string of the molecule is Oc1cc(O)c2c(c1)OC1(c3ccc(O)c(O)c3)Oc3cc(O)c4c(c3[C@@H]2[C@H]1O)O[C@H](c1ccc(O)c(O)c1)[C@H](O)C4. The monoisotopic (exact) mass is 576 g/mol. The molecule has 0 fully saturated rings. The summed E-state index contributed by atoms with van der Waals surface area (Å²) in [4.78, 5) is 0. The Morgan fingerprint density at radius 1 is 0.643 bits per heavy atom. The average Bonchev–Trinajstić information content (AvgIpc) is 2.92. The van der Waals surface area contributed by atoms with E-state index in [-0.39, 0.29) is 63.2 Å². The van der Waals surface area contributed by atoms with Crippen LogP contribution in [0.2, 0.25) is 0 Å². The highest BCUT2D eigenvalue weighted by atomic mass is 16.7. The molecule has 7 rings (SSSR count). The topological polar surface area (TPSA) is 210 Å². The minimum absolute atomic E-state index is 0.0177. The molecule has 0 saturated heterocycles. The smallest absolute Gasteiger partial charge is 0.305 e. The first-order valence-electron chi connectivity index (χ1n) is 12.9. The Bertz CT molecular complexity index is 1790. The van der Waals surface area contributed by atoms with E-state index in [2.05, 4.69) is 0 Å². The third-order valence-corrected chi connectivity index (χ3v) is 8.03. The van der Waals surface area contributed by atoms with E-state index >= 15 is 0 Å². The van der Waals surface area contributed by atoms with Crippen LogP contribution in [0.15, 0.2) is 54.6 Å². The zero-order valence-corrected chi connectivity index (χ0v) is 21.5. The van der Waals surface area contributed by atoms with Crippen molar-refractivity contribution in [3.63, 3.8) is 0 Å². The van der Waals surface area contributed by atoms with Crippen LogP contribution < -0.4 is 14.2 Å². The first-order valence-corrected chi connectivity index (χ1v) is 12.9. The number of rotatable bonds is 2. The van der Waals surface area contributed by atoms with Gasteiger partial charge in [-0.05, 0) is 35.9 Å². The second-order valence-corrected chi connectivity index (χ2v) is 10.5. The molecule has 0 aliphatic carbocycles. The summed E-state index contributed by atoms with van der Waals surface area (Å²) in [5.41, 5.74) is 0.842. The quantitative estimate of drug-likeness (QED) is 0.158. The van der Waals surface area contributed by atoms with E-state index in [1.165, 1.54) is 42.5 Å². The maximum atomic E-state index is 11.9. The first kappa shape index (κ1) is 25.7. The Balaban J connectivity index is 1.47. The van der Waals surface area contributed by atoms with Crippen LogP contribution in [0.3, 0.4) is 0 Å². The number of ether oxygens (including phenoxy) is 3. The number of fused-ring (bicyclic) bond motifs is 8. The van der Waals surface area contributed by atoms with E-state index in [0.29, 0.717) is 5.56 Å². The van der Waals surface area contributed by atoms with Gasteiger partial charge in [0.1, 0.15) is 46.7 Å². The van der Waals surface area contributed by atoms with Gasteiger partial charge in [0.25, 0.3) is 0 Å². The average molecular weight is 577 g/mol. The molecule has 216 valence electrons. The summed E-state index contributed by atoms with van der Waals surface area (Å²) >= 11 is 0. The molecule has 0 amide bonds. The molecule has 3 heterocycles. The molecular weight excluding hydrogens is 552 g/mol. The summed E-state index contributed by atoms with van der Waals surface area (Å²) < 4.78 is 18.6. The summed E-state index contributed by atoms with van der Waals surface area (Å²) in [6, 6.07) is 11.1. The van der Waals surface area contributed by atoms with Crippen molar-refractivity contribution in [1.82, 2.24) is 0 Å². The van der Waals surface area contributed by atoms with E-state index in [0.717, 1.165) is 12.1 Å². The zero-order chi connectivity index (χ0) is 29.7. The summed E-state index contributed by atoms with van der Waals surface area (Å²) in [7, 11) is 0. The Morgan fingerprint density at radius 3 is 2.00 bits per heavy atom. The Labute approximate surface area is 236 Å². The second-order valence-electron chi connectivity index (χ2n) is 10.5. The normalized spacial score (nSPS) is 25.2. The fraction of sp³-hybridized carbons (Fsp3) is 0.200. The largest absolute Gasteiger partial charge is 0.508 e. The van der Waals surface area contributed by atoms with Crippen LogP contribution in [0.4, 0.5) is 0 Å². The standard InChI is InChI=1S/C30H24O12/c31-13-7-20(37)24-22(8-13)41-30(12-2-4-16(33)19(36)6-12)29(39)26(24)25-23(42-30)10-17(34)14-9-21(38)27(40-28(14)25)11-1-3-15(32)18(35)5-11/h1-8,10,21,26-27,29,31-39H,9H2/t21-,26-,27-,29-,30?/m1/s1. The molecule has 5 atom stereocenters. The van der Waals surface area contributed by atoms with Gasteiger partial charge in [-0.1, -0.05) is 6.07 Å². The highest BCUT2D eigenvalue weighted by Gasteiger charge is 2.60. The van der Waals surface area contributed by atoms with Crippen LogP contribution in [-0.4, -0.2) is 58.2 Å². The van der Waals surface area contributed by atoms with Crippen LogP contribution in [0, 0.1) is 0 Å². The summed E-state index contributed by atoms with van der Waals surface area (Å²) in [5, 5.41) is 95.1. The van der Waals surface area contributed by atoms with Gasteiger partial charge < -0.3 is 60.2 Å². The minimum Gasteiger partial charge on any atom is -0.508 e. The highest BCUT2D eigenvalue weighted by Crippen LogP contribution is 2.62. The van der Waals surface area contributed by atoms with Gasteiger partial charge in [-0.15, -0.1) is 0 Å². The van der Waals surface area contributed by atoms with Gasteiger partial charge >= 0.3 is 5.79 Å². The van der Waals surface area contributed by atoms with Crippen molar-refractivity contribution in [2.24, 2.45) is 0 Å². The molecular formula is C30H24O12. The fourth-order valence-electron chi connectivity index (χ4n) is 6.09. The van der Waals surface area contributed by atoms with Crippen LogP contribution in [0.5, 0.6) is 57.5 Å². The predicted molar refractivity (Wildman–Crippen MR) is 141 cm³/mol. The molecule has 3 aliphatic rings. The molecule has 12 heteroatoms. The number of aliphatic hydroxyl groups is 2. The van der Waals surface area contributed by atoms with Gasteiger partial charge in [-0.25, -0.2) is 0 Å². The molecule has 0 radical (unpaired) electrons. The van der Waals surface area contributed by atoms with Crippen molar-refractivity contribution in [2.75, 3.05) is 0 Å². The van der Waals surface area contributed by atoms with Crippen LogP contribution in [0.1, 0.15) is 39.8 Å². The Hall–Kier alpha value is -5.20. The van der Waals surface area contributed by atoms with Crippen LogP contribution >= 0.6 is 0 Å². The summed E-state index contributed by atoms with van der Waals surface area (Å²) in [5.74, 6) is -6.11. The Morgan fingerprint density at radius 2 is 1.31 bits per heavy atom. The molecule has 4 aromatic rings. The van der Waals surface area contributed by atoms with Gasteiger partial charge in [-0.3, -0.25) is 0 Å². The number of hydrogen-bond acceptors (Lipinski definition) is 12. The number of aromatic hydroxyl groups is 7. The van der Waals surface area contributed by atoms with E-state index in [1.54, 1.807) is 0 Å². The minimum atomic E-state index is -2.09. The number of phenols is 7. The maximum Gasteiger partial charge on any atom is 0.305 e.